The second-order valence-electron chi connectivity index (χ2n) is 6.02. The second-order valence-corrected chi connectivity index (χ2v) is 6.43. The minimum Gasteiger partial charge on any atom is -0.466 e. The molecule has 2 aromatic rings. The van der Waals surface area contributed by atoms with Crippen LogP contribution in [0.2, 0.25) is 0 Å². The molecule has 0 unspecified atom stereocenters. The normalized spacial score (nSPS) is 9.97. The summed E-state index contributed by atoms with van der Waals surface area (Å²) >= 11 is 5.14. The van der Waals surface area contributed by atoms with Crippen LogP contribution in [0, 0.1) is 0 Å². The van der Waals surface area contributed by atoms with E-state index in [1.165, 1.54) is 0 Å². The van der Waals surface area contributed by atoms with Crippen molar-refractivity contribution in [1.29, 1.82) is 0 Å². The highest BCUT2D eigenvalue weighted by Gasteiger charge is 2.13. The number of carbonyl (C=O) groups is 3. The molecule has 0 saturated heterocycles. The summed E-state index contributed by atoms with van der Waals surface area (Å²) in [5.74, 6) is -1.13. The maximum atomic E-state index is 12.5. The van der Waals surface area contributed by atoms with E-state index < -0.39 is 11.9 Å². The van der Waals surface area contributed by atoms with E-state index in [0.717, 1.165) is 5.56 Å². The number of ether oxygens (including phenoxy) is 1. The van der Waals surface area contributed by atoms with E-state index in [0.29, 0.717) is 17.8 Å². The van der Waals surface area contributed by atoms with Crippen molar-refractivity contribution in [2.24, 2.45) is 0 Å². The Morgan fingerprint density at radius 2 is 1.66 bits per heavy atom. The van der Waals surface area contributed by atoms with Gasteiger partial charge in [0.15, 0.2) is 5.11 Å². The highest BCUT2D eigenvalue weighted by molar-refractivity contribution is 7.80. The zero-order chi connectivity index (χ0) is 21.1. The molecule has 0 saturated carbocycles. The molecule has 0 aromatic heterocycles. The summed E-state index contributed by atoms with van der Waals surface area (Å²) in [7, 11) is 0. The van der Waals surface area contributed by atoms with Crippen molar-refractivity contribution in [3.8, 4) is 0 Å². The van der Waals surface area contributed by atoms with Crippen molar-refractivity contribution < 1.29 is 19.1 Å². The van der Waals surface area contributed by atoms with Crippen LogP contribution in [0.5, 0.6) is 0 Å². The Labute approximate surface area is 174 Å². The first-order valence-corrected chi connectivity index (χ1v) is 9.58. The van der Waals surface area contributed by atoms with Crippen LogP contribution in [0.15, 0.2) is 54.6 Å². The molecule has 3 N–H and O–H groups in total. The molecule has 7 nitrogen and oxygen atoms in total. The van der Waals surface area contributed by atoms with Gasteiger partial charge in [-0.2, -0.15) is 0 Å². The average molecular weight is 413 g/mol. The quantitative estimate of drug-likeness (QED) is 0.455. The highest BCUT2D eigenvalue weighted by Crippen LogP contribution is 2.15. The Morgan fingerprint density at radius 1 is 0.966 bits per heavy atom. The molecule has 0 radical (unpaired) electrons. The van der Waals surface area contributed by atoms with Gasteiger partial charge in [-0.05, 0) is 36.8 Å². The number of benzene rings is 2. The number of hydrogen-bond donors (Lipinski definition) is 3. The largest absolute Gasteiger partial charge is 0.466 e. The van der Waals surface area contributed by atoms with Crippen molar-refractivity contribution in [3.05, 3.63) is 65.7 Å². The Kier molecular flexibility index (Phi) is 8.78. The lowest BCUT2D eigenvalue weighted by Gasteiger charge is -2.13. The molecule has 0 aliphatic heterocycles. The van der Waals surface area contributed by atoms with Gasteiger partial charge in [-0.25, -0.2) is 0 Å². The van der Waals surface area contributed by atoms with Crippen LogP contribution in [-0.2, 0) is 20.9 Å². The first-order chi connectivity index (χ1) is 14.0. The molecular formula is C21H23N3O4S. The SMILES string of the molecule is CCOC(=O)CCC(=O)NC(=S)Nc1ccccc1C(=O)NCc1ccccc1. The summed E-state index contributed by atoms with van der Waals surface area (Å²) in [6.45, 7) is 2.36. The maximum absolute atomic E-state index is 12.5. The molecule has 0 spiro atoms. The molecule has 0 bridgehead atoms. The maximum Gasteiger partial charge on any atom is 0.306 e. The topological polar surface area (TPSA) is 96.5 Å². The molecule has 152 valence electrons. The summed E-state index contributed by atoms with van der Waals surface area (Å²) in [4.78, 5) is 35.8. The lowest BCUT2D eigenvalue weighted by molar-refractivity contribution is -0.144. The number of amides is 2. The van der Waals surface area contributed by atoms with Crippen LogP contribution in [0.25, 0.3) is 0 Å². The standard InChI is InChI=1S/C21H23N3O4S/c1-2-28-19(26)13-12-18(25)24-21(29)23-17-11-7-6-10-16(17)20(27)22-14-15-8-4-3-5-9-15/h3-11H,2,12-14H2,1H3,(H,22,27)(H2,23,24,25,29). The van der Waals surface area contributed by atoms with Gasteiger partial charge in [-0.3, -0.25) is 14.4 Å². The van der Waals surface area contributed by atoms with Gasteiger partial charge in [0.05, 0.1) is 24.3 Å². The van der Waals surface area contributed by atoms with E-state index in [-0.39, 0.29) is 30.5 Å². The molecule has 0 aliphatic carbocycles. The lowest BCUT2D eigenvalue weighted by atomic mass is 10.1. The van der Waals surface area contributed by atoms with Gasteiger partial charge in [0, 0.05) is 13.0 Å². The Hall–Kier alpha value is -3.26. The van der Waals surface area contributed by atoms with Crippen LogP contribution in [-0.4, -0.2) is 29.5 Å². The molecule has 2 aromatic carbocycles. The third-order valence-corrected chi connectivity index (χ3v) is 4.03. The Bertz CT molecular complexity index is 871. The summed E-state index contributed by atoms with van der Waals surface area (Å²) in [5.41, 5.74) is 1.84. The monoisotopic (exact) mass is 413 g/mol. The first-order valence-electron chi connectivity index (χ1n) is 9.17. The molecular weight excluding hydrogens is 390 g/mol. The van der Waals surface area contributed by atoms with Crippen molar-refractivity contribution in [2.75, 3.05) is 11.9 Å². The van der Waals surface area contributed by atoms with Crippen LogP contribution in [0.3, 0.4) is 0 Å². The zero-order valence-corrected chi connectivity index (χ0v) is 16.9. The predicted octanol–water partition coefficient (Wildman–Crippen LogP) is 2.77. The molecule has 29 heavy (non-hydrogen) atoms. The predicted molar refractivity (Wildman–Crippen MR) is 114 cm³/mol. The zero-order valence-electron chi connectivity index (χ0n) is 16.1. The van der Waals surface area contributed by atoms with Gasteiger partial charge >= 0.3 is 5.97 Å². The number of para-hydroxylation sites is 1. The van der Waals surface area contributed by atoms with Gasteiger partial charge in [-0.15, -0.1) is 0 Å². The fourth-order valence-corrected chi connectivity index (χ4v) is 2.68. The van der Waals surface area contributed by atoms with Crippen molar-refractivity contribution in [2.45, 2.75) is 26.3 Å². The first kappa shape index (κ1) is 22.0. The van der Waals surface area contributed by atoms with Crippen molar-refractivity contribution in [3.63, 3.8) is 0 Å². The van der Waals surface area contributed by atoms with E-state index in [9.17, 15) is 14.4 Å². The second kappa shape index (κ2) is 11.6. The fourth-order valence-electron chi connectivity index (χ4n) is 2.45. The molecule has 2 amide bonds. The molecule has 0 aliphatic rings. The van der Waals surface area contributed by atoms with Crippen molar-refractivity contribution >= 4 is 40.8 Å². The van der Waals surface area contributed by atoms with E-state index in [1.807, 2.05) is 30.3 Å². The van der Waals surface area contributed by atoms with E-state index in [2.05, 4.69) is 16.0 Å². The lowest BCUT2D eigenvalue weighted by Crippen LogP contribution is -2.35. The van der Waals surface area contributed by atoms with Gasteiger partial charge in [0.1, 0.15) is 0 Å². The van der Waals surface area contributed by atoms with Gasteiger partial charge in [0.25, 0.3) is 5.91 Å². The van der Waals surface area contributed by atoms with E-state index in [1.54, 1.807) is 31.2 Å². The summed E-state index contributed by atoms with van der Waals surface area (Å²) < 4.78 is 4.78. The molecule has 0 atom stereocenters. The minimum atomic E-state index is -0.443. The van der Waals surface area contributed by atoms with Gasteiger partial charge in [0.2, 0.25) is 5.91 Å². The number of anilines is 1. The minimum absolute atomic E-state index is 0.0270. The summed E-state index contributed by atoms with van der Waals surface area (Å²) in [5, 5.41) is 8.24. The van der Waals surface area contributed by atoms with Crippen molar-refractivity contribution in [1.82, 2.24) is 10.6 Å². The number of nitrogens with one attached hydrogen (secondary N) is 3. The summed E-state index contributed by atoms with van der Waals surface area (Å²) in [6, 6.07) is 16.4. The Morgan fingerprint density at radius 3 is 2.38 bits per heavy atom. The Balaban J connectivity index is 1.90. The van der Waals surface area contributed by atoms with Crippen LogP contribution < -0.4 is 16.0 Å². The smallest absolute Gasteiger partial charge is 0.306 e. The average Bonchev–Trinajstić information content (AvgIpc) is 2.72. The van der Waals surface area contributed by atoms with Crippen LogP contribution in [0.4, 0.5) is 5.69 Å². The number of esters is 1. The molecule has 0 heterocycles. The summed E-state index contributed by atoms with van der Waals surface area (Å²) in [6.07, 6.45) is -0.0688. The molecule has 2 rings (SSSR count). The molecule has 8 heteroatoms. The third kappa shape index (κ3) is 7.71. The van der Waals surface area contributed by atoms with Crippen LogP contribution in [0.1, 0.15) is 35.7 Å². The number of thiocarbonyl (C=S) groups is 1. The number of hydrogen-bond acceptors (Lipinski definition) is 5. The van der Waals surface area contributed by atoms with E-state index in [4.69, 9.17) is 17.0 Å². The van der Waals surface area contributed by atoms with E-state index >= 15 is 0 Å². The molecule has 0 fully saturated rings. The van der Waals surface area contributed by atoms with Gasteiger partial charge < -0.3 is 20.7 Å². The highest BCUT2D eigenvalue weighted by atomic mass is 32.1. The van der Waals surface area contributed by atoms with Crippen LogP contribution >= 0.6 is 12.2 Å². The number of carbonyl (C=O) groups excluding carboxylic acids is 3. The fraction of sp³-hybridized carbons (Fsp3) is 0.238. The van der Waals surface area contributed by atoms with Gasteiger partial charge in [-0.1, -0.05) is 42.5 Å². The third-order valence-electron chi connectivity index (χ3n) is 3.83. The number of rotatable bonds is 8.